The number of thiophene rings is 1. The zero-order chi connectivity index (χ0) is 22.0. The Hall–Kier alpha value is -3.16. The quantitative estimate of drug-likeness (QED) is 0.284. The molecule has 1 aromatic heterocycles. The minimum absolute atomic E-state index is 0.0390. The average Bonchev–Trinajstić information content (AvgIpc) is 3.31. The van der Waals surface area contributed by atoms with Gasteiger partial charge in [-0.1, -0.05) is 81.6 Å². The first-order valence-electron chi connectivity index (χ1n) is 11.3. The highest BCUT2D eigenvalue weighted by Gasteiger charge is 2.38. The molecule has 0 nitrogen and oxygen atoms in total. The summed E-state index contributed by atoms with van der Waals surface area (Å²) in [6.45, 7) is 12.8. The number of fused-ring (bicyclic) bond motifs is 7. The highest BCUT2D eigenvalue weighted by molar-refractivity contribution is 7.19. The van der Waals surface area contributed by atoms with Crippen LogP contribution in [0, 0.1) is 0 Å². The summed E-state index contributed by atoms with van der Waals surface area (Å²) < 4.78 is 1.43. The van der Waals surface area contributed by atoms with Gasteiger partial charge in [-0.05, 0) is 81.1 Å². The fourth-order valence-electron chi connectivity index (χ4n) is 5.54. The lowest BCUT2D eigenvalue weighted by atomic mass is 9.79. The summed E-state index contributed by atoms with van der Waals surface area (Å²) in [5, 5.41) is 1.48. The van der Waals surface area contributed by atoms with Crippen molar-refractivity contribution in [1.82, 2.24) is 0 Å². The summed E-state index contributed by atoms with van der Waals surface area (Å²) in [5.74, 6) is 0. The van der Waals surface area contributed by atoms with Crippen molar-refractivity contribution < 1.29 is 0 Å². The zero-order valence-electron chi connectivity index (χ0n) is 18.7. The number of allylic oxidation sites excluding steroid dienone is 3. The van der Waals surface area contributed by atoms with E-state index in [9.17, 15) is 0 Å². The van der Waals surface area contributed by atoms with E-state index in [1.165, 1.54) is 55.5 Å². The fourth-order valence-corrected chi connectivity index (χ4v) is 6.76. The predicted molar refractivity (Wildman–Crippen MR) is 141 cm³/mol. The molecule has 2 aliphatic rings. The van der Waals surface area contributed by atoms with E-state index in [0.717, 1.165) is 17.6 Å². The van der Waals surface area contributed by atoms with E-state index >= 15 is 0 Å². The number of hydrogen-bond donors (Lipinski definition) is 0. The van der Waals surface area contributed by atoms with Crippen molar-refractivity contribution in [1.29, 1.82) is 0 Å². The summed E-state index contributed by atoms with van der Waals surface area (Å²) in [4.78, 5) is 1.54. The minimum atomic E-state index is -0.0390. The van der Waals surface area contributed by atoms with E-state index in [2.05, 4.69) is 93.8 Å². The summed E-state index contributed by atoms with van der Waals surface area (Å²) in [6.07, 6.45) is 8.85. The van der Waals surface area contributed by atoms with E-state index in [-0.39, 0.29) is 5.41 Å². The molecule has 0 amide bonds. The highest BCUT2D eigenvalue weighted by Crippen LogP contribution is 2.54. The first-order valence-corrected chi connectivity index (χ1v) is 12.1. The molecule has 0 saturated carbocycles. The van der Waals surface area contributed by atoms with E-state index in [4.69, 9.17) is 0 Å². The monoisotopic (exact) mass is 430 g/mol. The molecule has 1 heterocycles. The predicted octanol–water partition coefficient (Wildman–Crippen LogP) is 9.03. The smallest absolute Gasteiger partial charge is 0.0355 e. The minimum Gasteiger partial charge on any atom is -0.140 e. The van der Waals surface area contributed by atoms with E-state index in [0.29, 0.717) is 0 Å². The van der Waals surface area contributed by atoms with Gasteiger partial charge in [-0.3, -0.25) is 0 Å². The number of hydrogen-bond acceptors (Lipinski definition) is 1. The number of benzene rings is 3. The summed E-state index contributed by atoms with van der Waals surface area (Å²) in [6, 6.07) is 20.3. The lowest BCUT2D eigenvalue weighted by Crippen LogP contribution is -2.15. The zero-order valence-corrected chi connectivity index (χ0v) is 19.5. The molecule has 6 rings (SSSR count). The van der Waals surface area contributed by atoms with Gasteiger partial charge in [0.15, 0.2) is 0 Å². The van der Waals surface area contributed by atoms with Gasteiger partial charge in [-0.25, -0.2) is 0 Å². The second-order valence-electron chi connectivity index (χ2n) is 9.44. The van der Waals surface area contributed by atoms with Crippen LogP contribution in [0.15, 0.2) is 79.9 Å². The van der Waals surface area contributed by atoms with Crippen molar-refractivity contribution in [2.75, 3.05) is 0 Å². The SMILES string of the molecule is C=CC(=C)c1cccc(-c2ccc3c(c2)C(C)(C)c2c-3ccc3sc4c(c23)C=CCC4)c1. The Morgan fingerprint density at radius 1 is 1.00 bits per heavy atom. The Balaban J connectivity index is 1.55. The van der Waals surface area contributed by atoms with Gasteiger partial charge >= 0.3 is 0 Å². The van der Waals surface area contributed by atoms with Crippen molar-refractivity contribution in [2.45, 2.75) is 32.1 Å². The lowest BCUT2D eigenvalue weighted by molar-refractivity contribution is 0.666. The lowest BCUT2D eigenvalue weighted by Gasteiger charge is -2.23. The largest absolute Gasteiger partial charge is 0.140 e. The van der Waals surface area contributed by atoms with E-state index in [1.807, 2.05) is 17.4 Å². The van der Waals surface area contributed by atoms with Gasteiger partial charge in [0.05, 0.1) is 0 Å². The second-order valence-corrected chi connectivity index (χ2v) is 10.6. The molecule has 0 fully saturated rings. The molecule has 0 bridgehead atoms. The van der Waals surface area contributed by atoms with Gasteiger partial charge < -0.3 is 0 Å². The number of aryl methyl sites for hydroxylation is 1. The van der Waals surface area contributed by atoms with Crippen molar-refractivity contribution in [3.63, 3.8) is 0 Å². The van der Waals surface area contributed by atoms with Gasteiger partial charge in [-0.2, -0.15) is 0 Å². The third kappa shape index (κ3) is 2.68. The van der Waals surface area contributed by atoms with Crippen LogP contribution >= 0.6 is 11.3 Å². The Morgan fingerprint density at radius 2 is 1.81 bits per heavy atom. The van der Waals surface area contributed by atoms with Gasteiger partial charge in [0.25, 0.3) is 0 Å². The number of rotatable bonds is 3. The van der Waals surface area contributed by atoms with Crippen molar-refractivity contribution in [3.05, 3.63) is 107 Å². The maximum atomic E-state index is 4.12. The van der Waals surface area contributed by atoms with Crippen molar-refractivity contribution in [3.8, 4) is 22.3 Å². The fraction of sp³-hybridized carbons (Fsp3) is 0.161. The van der Waals surface area contributed by atoms with Gasteiger partial charge in [0.2, 0.25) is 0 Å². The van der Waals surface area contributed by atoms with Crippen LogP contribution in [-0.4, -0.2) is 0 Å². The van der Waals surface area contributed by atoms with Gasteiger partial charge in [0, 0.05) is 20.4 Å². The Kier molecular flexibility index (Phi) is 4.22. The molecule has 2 aliphatic carbocycles. The third-order valence-corrected chi connectivity index (χ3v) is 8.44. The van der Waals surface area contributed by atoms with Crippen LogP contribution < -0.4 is 0 Å². The van der Waals surface area contributed by atoms with Crippen LogP contribution in [-0.2, 0) is 11.8 Å². The van der Waals surface area contributed by atoms with Gasteiger partial charge in [-0.15, -0.1) is 11.3 Å². The third-order valence-electron chi connectivity index (χ3n) is 7.21. The van der Waals surface area contributed by atoms with Crippen LogP contribution in [0.3, 0.4) is 0 Å². The molecular weight excluding hydrogens is 404 g/mol. The first-order chi connectivity index (χ1) is 15.5. The molecule has 0 unspecified atom stereocenters. The Morgan fingerprint density at radius 3 is 2.66 bits per heavy atom. The normalized spacial score (nSPS) is 15.3. The standard InChI is InChI=1S/C31H26S/c1-5-19(2)20-9-8-10-21(17-20)22-13-14-23-24-15-16-28-29(25-11-6-7-12-27(25)32-28)30(24)31(3,4)26(23)18-22/h5-6,8-11,13-18H,1-2,7,12H2,3-4H3. The first kappa shape index (κ1) is 19.5. The molecule has 1 heteroatoms. The molecule has 0 aliphatic heterocycles. The van der Waals surface area contributed by atoms with Crippen LogP contribution in [0.25, 0.3) is 44.0 Å². The van der Waals surface area contributed by atoms with Gasteiger partial charge in [0.1, 0.15) is 0 Å². The molecule has 0 spiro atoms. The molecule has 0 saturated heterocycles. The summed E-state index contributed by atoms with van der Waals surface area (Å²) in [7, 11) is 0. The van der Waals surface area contributed by atoms with E-state index < -0.39 is 0 Å². The molecule has 156 valence electrons. The average molecular weight is 431 g/mol. The highest BCUT2D eigenvalue weighted by atomic mass is 32.1. The maximum absolute atomic E-state index is 4.12. The Labute approximate surface area is 194 Å². The molecule has 3 aromatic carbocycles. The molecule has 0 radical (unpaired) electrons. The molecule has 32 heavy (non-hydrogen) atoms. The van der Waals surface area contributed by atoms with Crippen LogP contribution in [0.2, 0.25) is 0 Å². The summed E-state index contributed by atoms with van der Waals surface area (Å²) >= 11 is 1.98. The second kappa shape index (κ2) is 6.92. The Bertz CT molecular complexity index is 1470. The summed E-state index contributed by atoms with van der Waals surface area (Å²) in [5.41, 5.74) is 11.7. The van der Waals surface area contributed by atoms with Crippen molar-refractivity contribution in [2.24, 2.45) is 0 Å². The van der Waals surface area contributed by atoms with E-state index in [1.54, 1.807) is 4.88 Å². The van der Waals surface area contributed by atoms with Crippen LogP contribution in [0.1, 0.15) is 47.4 Å². The topological polar surface area (TPSA) is 0 Å². The molecular formula is C31H26S. The molecule has 4 aromatic rings. The molecule has 0 N–H and O–H groups in total. The maximum Gasteiger partial charge on any atom is 0.0355 e. The molecule has 0 atom stereocenters. The van der Waals surface area contributed by atoms with Crippen LogP contribution in [0.4, 0.5) is 0 Å². The van der Waals surface area contributed by atoms with Crippen molar-refractivity contribution >= 4 is 33.1 Å². The van der Waals surface area contributed by atoms with Crippen LogP contribution in [0.5, 0.6) is 0 Å².